The van der Waals surface area contributed by atoms with E-state index in [-0.39, 0.29) is 24.2 Å². The maximum absolute atomic E-state index is 13.2. The van der Waals surface area contributed by atoms with Gasteiger partial charge in [-0.25, -0.2) is 0 Å². The lowest BCUT2D eigenvalue weighted by molar-refractivity contribution is -0.140. The largest absolute Gasteiger partial charge is 0.469 e. The van der Waals surface area contributed by atoms with Crippen LogP contribution in [0.4, 0.5) is 13.2 Å². The van der Waals surface area contributed by atoms with E-state index in [1.807, 2.05) is 22.6 Å². The summed E-state index contributed by atoms with van der Waals surface area (Å²) < 4.78 is 50.7. The molecule has 2 heterocycles. The number of carbonyl (C=O) groups excluding carboxylic acids is 2. The lowest BCUT2D eigenvalue weighted by atomic mass is 10.1. The number of aryl methyl sites for hydroxylation is 1. The predicted octanol–water partition coefficient (Wildman–Crippen LogP) is 3.79. The van der Waals surface area contributed by atoms with Gasteiger partial charge in [-0.2, -0.15) is 13.2 Å². The molecule has 1 amide bonds. The first-order valence-corrected chi connectivity index (χ1v) is 11.0. The number of rotatable bonds is 7. The van der Waals surface area contributed by atoms with E-state index in [4.69, 9.17) is 4.52 Å². The summed E-state index contributed by atoms with van der Waals surface area (Å²) >= 11 is 1.91. The molecule has 0 aliphatic heterocycles. The van der Waals surface area contributed by atoms with Crippen molar-refractivity contribution in [2.24, 2.45) is 0 Å². The van der Waals surface area contributed by atoms with Gasteiger partial charge >= 0.3 is 12.1 Å². The molecule has 12 heteroatoms. The number of esters is 1. The molecule has 34 heavy (non-hydrogen) atoms. The molecule has 1 aromatic carbocycles. The van der Waals surface area contributed by atoms with E-state index in [0.29, 0.717) is 27.1 Å². The molecule has 0 bridgehead atoms. The zero-order chi connectivity index (χ0) is 25.0. The number of amides is 1. The van der Waals surface area contributed by atoms with Gasteiger partial charge in [0.1, 0.15) is 5.56 Å². The van der Waals surface area contributed by atoms with Crippen LogP contribution in [-0.4, -0.2) is 28.7 Å². The van der Waals surface area contributed by atoms with Crippen LogP contribution in [-0.2, 0) is 28.7 Å². The molecular formula is C22H19F3IN3O5. The average molecular weight is 589 g/mol. The fourth-order valence-electron chi connectivity index (χ4n) is 3.12. The van der Waals surface area contributed by atoms with E-state index in [0.717, 1.165) is 16.7 Å². The fraction of sp³-hybridized carbons (Fsp3) is 0.273. The minimum absolute atomic E-state index is 0.00428. The Morgan fingerprint density at radius 3 is 2.65 bits per heavy atom. The maximum atomic E-state index is 13.2. The molecule has 0 fully saturated rings. The van der Waals surface area contributed by atoms with Crippen LogP contribution in [0.15, 0.2) is 45.7 Å². The van der Waals surface area contributed by atoms with Gasteiger partial charge in [0.25, 0.3) is 11.5 Å². The Bertz CT molecular complexity index is 1280. The van der Waals surface area contributed by atoms with Crippen molar-refractivity contribution in [2.75, 3.05) is 7.11 Å². The SMILES string of the molecule is COC(=O)CCc1cc(CNC(=O)c2cc(I)c(C)n(-c3cccc(C(F)(F)F)c3)c2=O)on1. The third kappa shape index (κ3) is 5.85. The number of nitrogens with one attached hydrogen (secondary N) is 1. The maximum Gasteiger partial charge on any atom is 0.416 e. The first kappa shape index (κ1) is 25.5. The molecule has 3 aromatic rings. The standard InChI is InChI=1S/C22H19F3IN3O5/c1-12-18(26)10-17(21(32)29(12)15-5-3-4-13(8-15)22(23,24)25)20(31)27-11-16-9-14(28-34-16)6-7-19(30)33-2/h3-5,8-10H,6-7,11H2,1-2H3,(H,27,31). The molecule has 0 saturated heterocycles. The van der Waals surface area contributed by atoms with Gasteiger partial charge in [0.05, 0.1) is 31.3 Å². The summed E-state index contributed by atoms with van der Waals surface area (Å²) in [5, 5.41) is 6.35. The first-order valence-electron chi connectivity index (χ1n) is 9.90. The Kier molecular flexibility index (Phi) is 7.79. The number of hydrogen-bond donors (Lipinski definition) is 1. The molecule has 3 rings (SSSR count). The number of aromatic nitrogens is 2. The second kappa shape index (κ2) is 10.4. The molecule has 1 N–H and O–H groups in total. The van der Waals surface area contributed by atoms with Crippen molar-refractivity contribution in [1.29, 1.82) is 0 Å². The van der Waals surface area contributed by atoms with Gasteiger partial charge in [-0.3, -0.25) is 19.0 Å². The number of methoxy groups -OCH3 is 1. The number of pyridine rings is 1. The molecule has 8 nitrogen and oxygen atoms in total. The molecule has 0 unspecified atom stereocenters. The monoisotopic (exact) mass is 589 g/mol. The normalized spacial score (nSPS) is 11.4. The first-order chi connectivity index (χ1) is 16.0. The summed E-state index contributed by atoms with van der Waals surface area (Å²) in [6.45, 7) is 1.49. The van der Waals surface area contributed by atoms with Crippen LogP contribution in [0.2, 0.25) is 0 Å². The molecule has 0 aliphatic carbocycles. The van der Waals surface area contributed by atoms with Crippen LogP contribution >= 0.6 is 22.6 Å². The molecule has 0 saturated carbocycles. The van der Waals surface area contributed by atoms with Crippen LogP contribution in [0.25, 0.3) is 5.69 Å². The highest BCUT2D eigenvalue weighted by atomic mass is 127. The number of alkyl halides is 3. The second-order valence-electron chi connectivity index (χ2n) is 7.22. The predicted molar refractivity (Wildman–Crippen MR) is 123 cm³/mol. The third-order valence-electron chi connectivity index (χ3n) is 4.91. The van der Waals surface area contributed by atoms with Crippen molar-refractivity contribution in [3.63, 3.8) is 0 Å². The minimum Gasteiger partial charge on any atom is -0.469 e. The van der Waals surface area contributed by atoms with Crippen molar-refractivity contribution in [3.05, 3.63) is 78.6 Å². The summed E-state index contributed by atoms with van der Waals surface area (Å²) in [4.78, 5) is 37.0. The van der Waals surface area contributed by atoms with Crippen LogP contribution in [0.3, 0.4) is 0 Å². The Morgan fingerprint density at radius 2 is 1.97 bits per heavy atom. The summed E-state index contributed by atoms with van der Waals surface area (Å²) in [6.07, 6.45) is -4.17. The zero-order valence-electron chi connectivity index (χ0n) is 18.0. The van der Waals surface area contributed by atoms with E-state index in [9.17, 15) is 27.6 Å². The van der Waals surface area contributed by atoms with Crippen LogP contribution < -0.4 is 10.9 Å². The molecule has 2 aromatic heterocycles. The highest BCUT2D eigenvalue weighted by Crippen LogP contribution is 2.30. The topological polar surface area (TPSA) is 103 Å². The Morgan fingerprint density at radius 1 is 1.24 bits per heavy atom. The highest BCUT2D eigenvalue weighted by Gasteiger charge is 2.31. The smallest absolute Gasteiger partial charge is 0.416 e. The molecule has 0 aliphatic rings. The van der Waals surface area contributed by atoms with E-state index in [2.05, 4.69) is 15.2 Å². The van der Waals surface area contributed by atoms with E-state index in [1.165, 1.54) is 25.3 Å². The van der Waals surface area contributed by atoms with E-state index in [1.54, 1.807) is 13.0 Å². The molecule has 180 valence electrons. The van der Waals surface area contributed by atoms with Gasteiger partial charge in [-0.1, -0.05) is 11.2 Å². The Labute approximate surface area is 205 Å². The minimum atomic E-state index is -4.58. The van der Waals surface area contributed by atoms with Crippen molar-refractivity contribution < 1.29 is 32.0 Å². The van der Waals surface area contributed by atoms with Crippen LogP contribution in [0.5, 0.6) is 0 Å². The quantitative estimate of drug-likeness (QED) is 0.333. The van der Waals surface area contributed by atoms with Gasteiger partial charge in [-0.05, 0) is 53.8 Å². The van der Waals surface area contributed by atoms with E-state index >= 15 is 0 Å². The van der Waals surface area contributed by atoms with Crippen LogP contribution in [0.1, 0.15) is 39.5 Å². The second-order valence-corrected chi connectivity index (χ2v) is 8.39. The van der Waals surface area contributed by atoms with Gasteiger partial charge in [0, 0.05) is 27.4 Å². The van der Waals surface area contributed by atoms with Crippen molar-refractivity contribution >= 4 is 34.5 Å². The van der Waals surface area contributed by atoms with Gasteiger partial charge in [-0.15, -0.1) is 0 Å². The summed E-state index contributed by atoms with van der Waals surface area (Å²) in [5.74, 6) is -0.826. The van der Waals surface area contributed by atoms with E-state index < -0.39 is 29.2 Å². The number of ether oxygens (including phenoxy) is 1. The number of hydrogen-bond acceptors (Lipinski definition) is 6. The van der Waals surface area contributed by atoms with Crippen molar-refractivity contribution in [1.82, 2.24) is 15.0 Å². The molecule has 0 atom stereocenters. The Balaban J connectivity index is 1.83. The number of halogens is 4. The number of carbonyl (C=O) groups is 2. The van der Waals surface area contributed by atoms with Crippen molar-refractivity contribution in [3.8, 4) is 5.69 Å². The number of nitrogens with zero attached hydrogens (tertiary/aromatic N) is 2. The van der Waals surface area contributed by atoms with Gasteiger partial charge < -0.3 is 14.6 Å². The molecule has 0 spiro atoms. The third-order valence-corrected chi connectivity index (χ3v) is 6.00. The molecular weight excluding hydrogens is 570 g/mol. The average Bonchev–Trinajstić information content (AvgIpc) is 3.26. The van der Waals surface area contributed by atoms with Gasteiger partial charge in [0.15, 0.2) is 5.76 Å². The highest BCUT2D eigenvalue weighted by molar-refractivity contribution is 14.1. The summed E-state index contributed by atoms with van der Waals surface area (Å²) in [5.41, 5.74) is -1.02. The lowest BCUT2D eigenvalue weighted by Crippen LogP contribution is -2.33. The number of benzene rings is 1. The van der Waals surface area contributed by atoms with Crippen LogP contribution in [0, 0.1) is 10.5 Å². The fourth-order valence-corrected chi connectivity index (χ4v) is 3.67. The summed E-state index contributed by atoms with van der Waals surface area (Å²) in [6, 6.07) is 7.26. The Hall–Kier alpha value is -3.16. The van der Waals surface area contributed by atoms with Gasteiger partial charge in [0.2, 0.25) is 0 Å². The summed E-state index contributed by atoms with van der Waals surface area (Å²) in [7, 11) is 1.28. The molecule has 0 radical (unpaired) electrons. The van der Waals surface area contributed by atoms with Crippen molar-refractivity contribution in [2.45, 2.75) is 32.5 Å². The lowest BCUT2D eigenvalue weighted by Gasteiger charge is -2.15. The zero-order valence-corrected chi connectivity index (χ0v) is 20.2.